The molecule has 4 atom stereocenters. The Balaban J connectivity index is 0.00000192. The number of likely N-dealkylation sites (tertiary alicyclic amines) is 1. The summed E-state index contributed by atoms with van der Waals surface area (Å²) in [7, 11) is 1.92. The first-order valence-electron chi connectivity index (χ1n) is 9.03. The molecule has 2 saturated heterocycles. The molecular weight excluding hydrogens is 401 g/mol. The highest BCUT2D eigenvalue weighted by Crippen LogP contribution is 2.52. The van der Waals surface area contributed by atoms with Gasteiger partial charge in [-0.2, -0.15) is 0 Å². The number of hydrogen-bond acceptors (Lipinski definition) is 2. The molecule has 2 heterocycles. The third kappa shape index (κ3) is 3.65. The van der Waals surface area contributed by atoms with Gasteiger partial charge in [0, 0.05) is 44.1 Å². The van der Waals surface area contributed by atoms with E-state index in [-0.39, 0.29) is 29.4 Å². The minimum atomic E-state index is 0. The summed E-state index contributed by atoms with van der Waals surface area (Å²) in [6.07, 6.45) is 4.28. The van der Waals surface area contributed by atoms with Gasteiger partial charge in [0.05, 0.1) is 6.10 Å². The van der Waals surface area contributed by atoms with Gasteiger partial charge in [-0.3, -0.25) is 4.99 Å². The van der Waals surface area contributed by atoms with Crippen LogP contribution < -0.4 is 5.32 Å². The van der Waals surface area contributed by atoms with Gasteiger partial charge in [0.2, 0.25) is 0 Å². The molecule has 4 unspecified atom stereocenters. The highest BCUT2D eigenvalue weighted by Gasteiger charge is 2.59. The van der Waals surface area contributed by atoms with Crippen molar-refractivity contribution in [3.63, 3.8) is 0 Å². The molecule has 4 nitrogen and oxygen atoms in total. The highest BCUT2D eigenvalue weighted by molar-refractivity contribution is 14.0. The second-order valence-corrected chi connectivity index (χ2v) is 8.46. The molecule has 0 spiro atoms. The van der Waals surface area contributed by atoms with Crippen molar-refractivity contribution >= 4 is 29.9 Å². The van der Waals surface area contributed by atoms with Gasteiger partial charge in [-0.05, 0) is 31.1 Å². The van der Waals surface area contributed by atoms with Gasteiger partial charge >= 0.3 is 0 Å². The number of guanidine groups is 1. The zero-order chi connectivity index (χ0) is 15.9. The van der Waals surface area contributed by atoms with Gasteiger partial charge in [-0.25, -0.2) is 0 Å². The van der Waals surface area contributed by atoms with Crippen LogP contribution in [0.25, 0.3) is 0 Å². The van der Waals surface area contributed by atoms with Crippen LogP contribution in [0.4, 0.5) is 0 Å². The van der Waals surface area contributed by atoms with E-state index in [4.69, 9.17) is 4.74 Å². The molecule has 134 valence electrons. The average Bonchev–Trinajstić information content (AvgIpc) is 3.07. The molecule has 0 amide bonds. The van der Waals surface area contributed by atoms with Crippen LogP contribution in [0.3, 0.4) is 0 Å². The lowest BCUT2D eigenvalue weighted by molar-refractivity contribution is -0.107. The zero-order valence-electron chi connectivity index (χ0n) is 15.3. The van der Waals surface area contributed by atoms with Crippen LogP contribution in [0, 0.1) is 23.2 Å². The van der Waals surface area contributed by atoms with Crippen LogP contribution in [0.2, 0.25) is 0 Å². The van der Waals surface area contributed by atoms with Crippen molar-refractivity contribution < 1.29 is 4.74 Å². The van der Waals surface area contributed by atoms with Crippen molar-refractivity contribution in [1.82, 2.24) is 10.2 Å². The Kier molecular flexibility index (Phi) is 6.26. The molecule has 0 aromatic heterocycles. The number of rotatable bonds is 3. The summed E-state index contributed by atoms with van der Waals surface area (Å²) in [6.45, 7) is 12.5. The lowest BCUT2D eigenvalue weighted by Crippen LogP contribution is -2.68. The van der Waals surface area contributed by atoms with E-state index in [1.807, 2.05) is 7.05 Å². The second kappa shape index (κ2) is 7.46. The maximum absolute atomic E-state index is 5.91. The largest absolute Gasteiger partial charge is 0.377 e. The van der Waals surface area contributed by atoms with Crippen LogP contribution in [0.5, 0.6) is 0 Å². The Hall–Kier alpha value is -0.0400. The normalized spacial score (nSPS) is 35.7. The molecular formula is C18H34IN3O. The van der Waals surface area contributed by atoms with Gasteiger partial charge in [0.1, 0.15) is 0 Å². The van der Waals surface area contributed by atoms with Crippen LogP contribution in [0.1, 0.15) is 47.0 Å². The SMILES string of the molecule is CN=C(NC1C2CCOC2C1(C)C)N1CCC(CC(C)C)C1.I. The van der Waals surface area contributed by atoms with Crippen molar-refractivity contribution in [2.24, 2.45) is 28.2 Å². The Morgan fingerprint density at radius 2 is 2.09 bits per heavy atom. The van der Waals surface area contributed by atoms with Crippen molar-refractivity contribution in [2.75, 3.05) is 26.7 Å². The number of nitrogens with one attached hydrogen (secondary N) is 1. The Labute approximate surface area is 158 Å². The molecule has 2 aliphatic heterocycles. The van der Waals surface area contributed by atoms with E-state index >= 15 is 0 Å². The fraction of sp³-hybridized carbons (Fsp3) is 0.944. The van der Waals surface area contributed by atoms with E-state index in [0.29, 0.717) is 18.1 Å². The predicted octanol–water partition coefficient (Wildman–Crippen LogP) is 3.36. The molecule has 23 heavy (non-hydrogen) atoms. The topological polar surface area (TPSA) is 36.9 Å². The molecule has 1 aliphatic carbocycles. The van der Waals surface area contributed by atoms with Gasteiger partial charge < -0.3 is 15.0 Å². The van der Waals surface area contributed by atoms with E-state index < -0.39 is 0 Å². The van der Waals surface area contributed by atoms with Gasteiger partial charge in [-0.15, -0.1) is 24.0 Å². The summed E-state index contributed by atoms with van der Waals surface area (Å²) < 4.78 is 5.91. The number of halogens is 1. The summed E-state index contributed by atoms with van der Waals surface area (Å²) in [5.41, 5.74) is 0.216. The minimum absolute atomic E-state index is 0. The molecule has 1 N–H and O–H groups in total. The third-order valence-corrected chi connectivity index (χ3v) is 5.99. The van der Waals surface area contributed by atoms with Crippen LogP contribution in [0.15, 0.2) is 4.99 Å². The molecule has 3 rings (SSSR count). The molecule has 0 aromatic carbocycles. The van der Waals surface area contributed by atoms with Crippen molar-refractivity contribution in [3.8, 4) is 0 Å². The maximum atomic E-state index is 5.91. The van der Waals surface area contributed by atoms with Crippen molar-refractivity contribution in [3.05, 3.63) is 0 Å². The standard InChI is InChI=1S/C18H33N3O.HI/c1-12(2)10-13-6-8-21(11-13)17(19-5)20-15-14-7-9-22-16(14)18(15,3)4;/h12-16H,6-11H2,1-5H3,(H,19,20);1H. The van der Waals surface area contributed by atoms with E-state index in [0.717, 1.165) is 37.5 Å². The fourth-order valence-electron chi connectivity index (χ4n) is 4.94. The number of aliphatic imine (C=N–C) groups is 1. The Morgan fingerprint density at radius 3 is 2.74 bits per heavy atom. The first kappa shape index (κ1) is 19.3. The summed E-state index contributed by atoms with van der Waals surface area (Å²) in [6, 6.07) is 0.503. The molecule has 0 bridgehead atoms. The summed E-state index contributed by atoms with van der Waals surface area (Å²) in [5.74, 6) is 3.40. The molecule has 5 heteroatoms. The van der Waals surface area contributed by atoms with Crippen molar-refractivity contribution in [1.29, 1.82) is 0 Å². The minimum Gasteiger partial charge on any atom is -0.377 e. The number of fused-ring (bicyclic) bond motifs is 1. The first-order valence-corrected chi connectivity index (χ1v) is 9.03. The summed E-state index contributed by atoms with van der Waals surface area (Å²) in [4.78, 5) is 7.04. The lowest BCUT2D eigenvalue weighted by Gasteiger charge is -2.55. The highest BCUT2D eigenvalue weighted by atomic mass is 127. The van der Waals surface area contributed by atoms with E-state index in [1.165, 1.54) is 19.3 Å². The predicted molar refractivity (Wildman–Crippen MR) is 106 cm³/mol. The Morgan fingerprint density at radius 1 is 1.35 bits per heavy atom. The first-order chi connectivity index (χ1) is 10.4. The quantitative estimate of drug-likeness (QED) is 0.420. The fourth-order valence-corrected chi connectivity index (χ4v) is 4.94. The van der Waals surface area contributed by atoms with E-state index in [2.05, 4.69) is 42.9 Å². The molecule has 3 aliphatic rings. The van der Waals surface area contributed by atoms with E-state index in [1.54, 1.807) is 0 Å². The zero-order valence-corrected chi connectivity index (χ0v) is 17.7. The molecule has 3 fully saturated rings. The molecule has 0 radical (unpaired) electrons. The summed E-state index contributed by atoms with van der Waals surface area (Å²) in [5, 5.41) is 3.78. The lowest BCUT2D eigenvalue weighted by atomic mass is 9.57. The molecule has 1 saturated carbocycles. The number of ether oxygens (including phenoxy) is 1. The average molecular weight is 435 g/mol. The monoisotopic (exact) mass is 435 g/mol. The second-order valence-electron chi connectivity index (χ2n) is 8.46. The van der Waals surface area contributed by atoms with Crippen LogP contribution >= 0.6 is 24.0 Å². The smallest absolute Gasteiger partial charge is 0.193 e. The van der Waals surface area contributed by atoms with E-state index in [9.17, 15) is 0 Å². The van der Waals surface area contributed by atoms with Crippen LogP contribution in [-0.4, -0.2) is 49.7 Å². The van der Waals surface area contributed by atoms with Gasteiger partial charge in [0.15, 0.2) is 5.96 Å². The number of nitrogens with zero attached hydrogens (tertiary/aromatic N) is 2. The third-order valence-electron chi connectivity index (χ3n) is 5.99. The van der Waals surface area contributed by atoms with Gasteiger partial charge in [-0.1, -0.05) is 27.7 Å². The van der Waals surface area contributed by atoms with Crippen LogP contribution in [-0.2, 0) is 4.74 Å². The van der Waals surface area contributed by atoms with Crippen molar-refractivity contribution in [2.45, 2.75) is 59.1 Å². The molecule has 0 aromatic rings. The maximum Gasteiger partial charge on any atom is 0.193 e. The number of hydrogen-bond donors (Lipinski definition) is 1. The van der Waals surface area contributed by atoms with Gasteiger partial charge in [0.25, 0.3) is 0 Å². The summed E-state index contributed by atoms with van der Waals surface area (Å²) >= 11 is 0. The Bertz CT molecular complexity index is 438.